The quantitative estimate of drug-likeness (QED) is 0.459. The largest absolute Gasteiger partial charge is 0.496 e. The van der Waals surface area contributed by atoms with Gasteiger partial charge >= 0.3 is 0 Å². The molecule has 1 amide bonds. The van der Waals surface area contributed by atoms with Gasteiger partial charge in [-0.15, -0.1) is 5.10 Å². The van der Waals surface area contributed by atoms with Crippen molar-refractivity contribution in [3.63, 3.8) is 0 Å². The van der Waals surface area contributed by atoms with Crippen molar-refractivity contribution in [2.75, 3.05) is 7.11 Å². The van der Waals surface area contributed by atoms with E-state index in [1.807, 2.05) is 24.3 Å². The number of carbonyl (C=O) groups excluding carboxylic acids is 1. The van der Waals surface area contributed by atoms with Gasteiger partial charge in [-0.25, -0.2) is 4.39 Å². The summed E-state index contributed by atoms with van der Waals surface area (Å²) in [5, 5.41) is 8.92. The van der Waals surface area contributed by atoms with Crippen LogP contribution >= 0.6 is 11.8 Å². The molecule has 2 aromatic carbocycles. The molecule has 1 heterocycles. The van der Waals surface area contributed by atoms with Crippen molar-refractivity contribution in [1.29, 1.82) is 0 Å². The maximum Gasteiger partial charge on any atom is 0.242 e. The molecule has 0 bridgehead atoms. The zero-order chi connectivity index (χ0) is 20.6. The topological polar surface area (TPSA) is 54.3 Å². The van der Waals surface area contributed by atoms with Gasteiger partial charge in [0.15, 0.2) is 5.17 Å². The fraction of sp³-hybridized carbons (Fsp3) is 0.318. The number of benzene rings is 2. The van der Waals surface area contributed by atoms with Crippen molar-refractivity contribution in [3.05, 3.63) is 65.5 Å². The van der Waals surface area contributed by atoms with Crippen LogP contribution in [0.3, 0.4) is 0 Å². The first-order chi connectivity index (χ1) is 14.1. The molecule has 0 spiro atoms. The second-order valence-corrected chi connectivity index (χ2v) is 7.84. The standard InChI is InChI=1S/C22H24FN3O2S/c1-3-4-9-20-21(27)26(15-16-10-12-18(23)13-11-16)22(29-20)25-24-14-17-7-5-6-8-19(17)28-2/h5-8,10-14,20H,3-4,9,15H2,1-2H3/b24-14-,25-22-/t20-/m0/s1. The van der Waals surface area contributed by atoms with E-state index >= 15 is 0 Å². The van der Waals surface area contributed by atoms with Gasteiger partial charge in [0.25, 0.3) is 0 Å². The second kappa shape index (κ2) is 10.2. The van der Waals surface area contributed by atoms with Crippen molar-refractivity contribution < 1.29 is 13.9 Å². The molecule has 5 nitrogen and oxygen atoms in total. The van der Waals surface area contributed by atoms with Crippen molar-refractivity contribution >= 4 is 29.1 Å². The summed E-state index contributed by atoms with van der Waals surface area (Å²) < 4.78 is 18.5. The smallest absolute Gasteiger partial charge is 0.242 e. The fourth-order valence-corrected chi connectivity index (χ4v) is 4.13. The Labute approximate surface area is 174 Å². The third-order valence-corrected chi connectivity index (χ3v) is 5.81. The zero-order valence-electron chi connectivity index (χ0n) is 16.5. The summed E-state index contributed by atoms with van der Waals surface area (Å²) in [7, 11) is 1.60. The Bertz CT molecular complexity index is 899. The minimum atomic E-state index is -0.299. The number of ether oxygens (including phenoxy) is 1. The molecule has 152 valence electrons. The first-order valence-electron chi connectivity index (χ1n) is 9.59. The first kappa shape index (κ1) is 21.0. The van der Waals surface area contributed by atoms with Gasteiger partial charge in [0.2, 0.25) is 5.91 Å². The summed E-state index contributed by atoms with van der Waals surface area (Å²) in [6.45, 7) is 2.45. The first-order valence-corrected chi connectivity index (χ1v) is 10.5. The highest BCUT2D eigenvalue weighted by atomic mass is 32.2. The van der Waals surface area contributed by atoms with E-state index in [9.17, 15) is 9.18 Å². The van der Waals surface area contributed by atoms with Crippen molar-refractivity contribution in [2.45, 2.75) is 38.0 Å². The molecular weight excluding hydrogens is 389 g/mol. The highest BCUT2D eigenvalue weighted by Crippen LogP contribution is 2.32. The Morgan fingerprint density at radius 2 is 1.97 bits per heavy atom. The summed E-state index contributed by atoms with van der Waals surface area (Å²) >= 11 is 1.44. The Balaban J connectivity index is 1.81. The average molecular weight is 414 g/mol. The van der Waals surface area contributed by atoms with Crippen LogP contribution in [0.2, 0.25) is 0 Å². The van der Waals surface area contributed by atoms with Crippen LogP contribution < -0.4 is 4.74 Å². The molecule has 2 aromatic rings. The molecule has 1 saturated heterocycles. The highest BCUT2D eigenvalue weighted by molar-refractivity contribution is 8.15. The molecule has 3 rings (SSSR count). The Morgan fingerprint density at radius 1 is 1.21 bits per heavy atom. The molecule has 29 heavy (non-hydrogen) atoms. The lowest BCUT2D eigenvalue weighted by atomic mass is 10.1. The van der Waals surface area contributed by atoms with E-state index in [4.69, 9.17) is 4.74 Å². The number of unbranched alkanes of at least 4 members (excludes halogenated alkanes) is 1. The molecular formula is C22H24FN3O2S. The van der Waals surface area contributed by atoms with Crippen LogP contribution in [0.25, 0.3) is 0 Å². The monoisotopic (exact) mass is 413 g/mol. The van der Waals surface area contributed by atoms with Crippen LogP contribution in [0.4, 0.5) is 4.39 Å². The summed E-state index contributed by atoms with van der Waals surface area (Å²) in [6.07, 6.45) is 4.42. The summed E-state index contributed by atoms with van der Waals surface area (Å²) in [5.41, 5.74) is 1.65. The molecule has 0 unspecified atom stereocenters. The van der Waals surface area contributed by atoms with Gasteiger partial charge in [-0.1, -0.05) is 55.8 Å². The molecule has 0 radical (unpaired) electrons. The normalized spacial score (nSPS) is 18.2. The number of thioether (sulfide) groups is 1. The third-order valence-electron chi connectivity index (χ3n) is 4.57. The lowest BCUT2D eigenvalue weighted by molar-refractivity contribution is -0.126. The number of para-hydroxylation sites is 1. The molecule has 0 saturated carbocycles. The van der Waals surface area contributed by atoms with E-state index in [1.165, 1.54) is 23.9 Å². The van der Waals surface area contributed by atoms with Gasteiger partial charge in [-0.05, 0) is 36.2 Å². The molecule has 1 fully saturated rings. The Hall–Kier alpha value is -2.67. The Kier molecular flexibility index (Phi) is 7.41. The maximum atomic E-state index is 13.2. The maximum absolute atomic E-state index is 13.2. The number of rotatable bonds is 8. The van der Waals surface area contributed by atoms with Gasteiger partial charge in [0.05, 0.1) is 25.1 Å². The molecule has 1 aliphatic rings. The van der Waals surface area contributed by atoms with Crippen LogP contribution in [-0.4, -0.2) is 34.5 Å². The highest BCUT2D eigenvalue weighted by Gasteiger charge is 2.37. The third kappa shape index (κ3) is 5.44. The van der Waals surface area contributed by atoms with Gasteiger partial charge in [0, 0.05) is 5.56 Å². The number of hydrogen-bond acceptors (Lipinski definition) is 5. The molecule has 0 N–H and O–H groups in total. The van der Waals surface area contributed by atoms with Crippen LogP contribution in [0.1, 0.15) is 37.3 Å². The SMILES string of the molecule is CCCC[C@@H]1S/C(=N\N=C/c2ccccc2OC)N(Cc2ccc(F)cc2)C1=O. The predicted molar refractivity (Wildman–Crippen MR) is 116 cm³/mol. The number of halogens is 1. The van der Waals surface area contributed by atoms with Crippen molar-refractivity contribution in [3.8, 4) is 5.75 Å². The molecule has 7 heteroatoms. The van der Waals surface area contributed by atoms with E-state index in [-0.39, 0.29) is 17.0 Å². The lowest BCUT2D eigenvalue weighted by Crippen LogP contribution is -2.31. The van der Waals surface area contributed by atoms with Crippen molar-refractivity contribution in [2.24, 2.45) is 10.2 Å². The lowest BCUT2D eigenvalue weighted by Gasteiger charge is -2.16. The van der Waals surface area contributed by atoms with Gasteiger partial charge < -0.3 is 4.74 Å². The number of carbonyl (C=O) groups is 1. The predicted octanol–water partition coefficient (Wildman–Crippen LogP) is 4.86. The number of amidine groups is 1. The van der Waals surface area contributed by atoms with E-state index in [2.05, 4.69) is 17.1 Å². The van der Waals surface area contributed by atoms with E-state index < -0.39 is 0 Å². The van der Waals surface area contributed by atoms with Crippen LogP contribution in [0, 0.1) is 5.82 Å². The number of methoxy groups -OCH3 is 1. The van der Waals surface area contributed by atoms with Gasteiger partial charge in [0.1, 0.15) is 11.6 Å². The molecule has 1 aliphatic heterocycles. The number of hydrogen-bond donors (Lipinski definition) is 0. The molecule has 0 aromatic heterocycles. The number of nitrogens with zero attached hydrogens (tertiary/aromatic N) is 3. The van der Waals surface area contributed by atoms with Crippen LogP contribution in [0.15, 0.2) is 58.7 Å². The minimum absolute atomic E-state index is 0.0269. The van der Waals surface area contributed by atoms with Crippen LogP contribution in [0.5, 0.6) is 5.75 Å². The van der Waals surface area contributed by atoms with Crippen LogP contribution in [-0.2, 0) is 11.3 Å². The number of amides is 1. The summed E-state index contributed by atoms with van der Waals surface area (Å²) in [4.78, 5) is 14.5. The fourth-order valence-electron chi connectivity index (χ4n) is 2.99. The van der Waals surface area contributed by atoms with E-state index in [0.717, 1.165) is 30.4 Å². The van der Waals surface area contributed by atoms with Gasteiger partial charge in [-0.3, -0.25) is 9.69 Å². The zero-order valence-corrected chi connectivity index (χ0v) is 17.4. The minimum Gasteiger partial charge on any atom is -0.496 e. The molecule has 0 aliphatic carbocycles. The van der Waals surface area contributed by atoms with E-state index in [0.29, 0.717) is 17.5 Å². The van der Waals surface area contributed by atoms with Gasteiger partial charge in [-0.2, -0.15) is 5.10 Å². The second-order valence-electron chi connectivity index (χ2n) is 6.67. The Morgan fingerprint density at radius 3 is 2.69 bits per heavy atom. The van der Waals surface area contributed by atoms with E-state index in [1.54, 1.807) is 30.4 Å². The summed E-state index contributed by atoms with van der Waals surface area (Å²) in [6, 6.07) is 13.7. The average Bonchev–Trinajstić information content (AvgIpc) is 3.03. The summed E-state index contributed by atoms with van der Waals surface area (Å²) in [5.74, 6) is 0.432. The van der Waals surface area contributed by atoms with Crippen molar-refractivity contribution in [1.82, 2.24) is 4.90 Å². The molecule has 1 atom stereocenters.